The minimum absolute atomic E-state index is 0.347. The van der Waals surface area contributed by atoms with E-state index in [0.29, 0.717) is 17.6 Å². The first-order chi connectivity index (χ1) is 7.04. The molecule has 1 atom stereocenters. The third kappa shape index (κ3) is 3.06. The van der Waals surface area contributed by atoms with E-state index >= 15 is 0 Å². The van der Waals surface area contributed by atoms with Crippen LogP contribution in [-0.2, 0) is 4.79 Å². The van der Waals surface area contributed by atoms with Crippen molar-refractivity contribution in [3.05, 3.63) is 28.2 Å². The summed E-state index contributed by atoms with van der Waals surface area (Å²) in [6, 6.07) is 4.93. The highest BCUT2D eigenvalue weighted by atomic mass is 79.9. The van der Waals surface area contributed by atoms with Gasteiger partial charge in [-0.1, -0.05) is 15.9 Å². The Bertz CT molecular complexity index is 392. The van der Waals surface area contributed by atoms with Crippen LogP contribution in [0.1, 0.15) is 17.3 Å². The lowest BCUT2D eigenvalue weighted by molar-refractivity contribution is -0.123. The largest absolute Gasteiger partial charge is 0.480 e. The van der Waals surface area contributed by atoms with Crippen molar-refractivity contribution in [3.8, 4) is 5.75 Å². The Labute approximate surface area is 95.5 Å². The number of benzene rings is 1. The second-order valence-electron chi connectivity index (χ2n) is 2.96. The fraction of sp³-hybridized carbons (Fsp3) is 0.200. The fourth-order valence-corrected chi connectivity index (χ4v) is 1.35. The number of amides is 1. The fourth-order valence-electron chi connectivity index (χ4n) is 0.967. The highest BCUT2D eigenvalue weighted by Crippen LogP contribution is 2.22. The molecule has 1 amide bonds. The Kier molecular flexibility index (Phi) is 3.85. The minimum atomic E-state index is -0.759. The first kappa shape index (κ1) is 11.7. The number of hydrogen-bond acceptors (Lipinski definition) is 3. The quantitative estimate of drug-likeness (QED) is 0.845. The second kappa shape index (κ2) is 4.93. The maximum atomic E-state index is 10.8. The van der Waals surface area contributed by atoms with Crippen LogP contribution >= 0.6 is 15.9 Å². The van der Waals surface area contributed by atoms with Crippen LogP contribution in [0.25, 0.3) is 0 Å². The molecule has 5 heteroatoms. The van der Waals surface area contributed by atoms with Crippen LogP contribution in [0.5, 0.6) is 5.75 Å². The van der Waals surface area contributed by atoms with Gasteiger partial charge in [0.1, 0.15) is 5.75 Å². The molecule has 1 aromatic carbocycles. The third-order valence-electron chi connectivity index (χ3n) is 1.80. The lowest BCUT2D eigenvalue weighted by Gasteiger charge is -2.12. The number of nitrogens with two attached hydrogens (primary N) is 1. The Morgan fingerprint density at radius 3 is 2.80 bits per heavy atom. The smallest absolute Gasteiger partial charge is 0.258 e. The van der Waals surface area contributed by atoms with Crippen molar-refractivity contribution in [2.45, 2.75) is 13.0 Å². The van der Waals surface area contributed by atoms with Gasteiger partial charge in [-0.2, -0.15) is 0 Å². The molecule has 15 heavy (non-hydrogen) atoms. The van der Waals surface area contributed by atoms with Gasteiger partial charge in [0.05, 0.1) is 5.56 Å². The van der Waals surface area contributed by atoms with Gasteiger partial charge in [-0.3, -0.25) is 9.59 Å². The summed E-state index contributed by atoms with van der Waals surface area (Å²) in [6.45, 7) is 1.53. The summed E-state index contributed by atoms with van der Waals surface area (Å²) in [7, 11) is 0. The Morgan fingerprint density at radius 2 is 2.27 bits per heavy atom. The van der Waals surface area contributed by atoms with Gasteiger partial charge in [0.25, 0.3) is 5.91 Å². The molecule has 0 radical (unpaired) electrons. The van der Waals surface area contributed by atoms with Gasteiger partial charge in [-0.05, 0) is 25.1 Å². The van der Waals surface area contributed by atoms with E-state index in [1.807, 2.05) is 0 Å². The SMILES string of the molecule is C[C@H](Oc1ccc(Br)cc1C=O)C(N)=O. The van der Waals surface area contributed by atoms with E-state index in [4.69, 9.17) is 10.5 Å². The van der Waals surface area contributed by atoms with E-state index < -0.39 is 12.0 Å². The molecule has 1 aromatic rings. The predicted molar refractivity (Wildman–Crippen MR) is 58.8 cm³/mol. The van der Waals surface area contributed by atoms with E-state index in [1.54, 1.807) is 18.2 Å². The van der Waals surface area contributed by atoms with Crippen molar-refractivity contribution >= 4 is 28.1 Å². The maximum absolute atomic E-state index is 10.8. The van der Waals surface area contributed by atoms with Crippen LogP contribution in [0, 0.1) is 0 Å². The van der Waals surface area contributed by atoms with Crippen molar-refractivity contribution < 1.29 is 14.3 Å². The highest BCUT2D eigenvalue weighted by molar-refractivity contribution is 9.10. The molecule has 0 heterocycles. The Balaban J connectivity index is 2.94. The average molecular weight is 272 g/mol. The first-order valence-corrected chi connectivity index (χ1v) is 5.04. The Hall–Kier alpha value is -1.36. The first-order valence-electron chi connectivity index (χ1n) is 4.25. The predicted octanol–water partition coefficient (Wildman–Crippen LogP) is 1.51. The van der Waals surface area contributed by atoms with Gasteiger partial charge in [-0.25, -0.2) is 0 Å². The van der Waals surface area contributed by atoms with Crippen LogP contribution in [0.4, 0.5) is 0 Å². The standard InChI is InChI=1S/C10H10BrNO3/c1-6(10(12)14)15-9-3-2-8(11)4-7(9)5-13/h2-6H,1H3,(H2,12,14)/t6-/m0/s1. The molecule has 0 unspecified atom stereocenters. The summed E-state index contributed by atoms with van der Waals surface area (Å²) < 4.78 is 5.99. The molecule has 0 saturated carbocycles. The summed E-state index contributed by atoms with van der Waals surface area (Å²) >= 11 is 3.23. The molecule has 2 N–H and O–H groups in total. The van der Waals surface area contributed by atoms with Crippen LogP contribution in [0.15, 0.2) is 22.7 Å². The maximum Gasteiger partial charge on any atom is 0.258 e. The lowest BCUT2D eigenvalue weighted by Crippen LogP contribution is -2.30. The summed E-state index contributed by atoms with van der Waals surface area (Å²) in [6.07, 6.45) is -0.0989. The van der Waals surface area contributed by atoms with Gasteiger partial charge < -0.3 is 10.5 Å². The molecule has 0 saturated heterocycles. The van der Waals surface area contributed by atoms with Crippen molar-refractivity contribution in [1.82, 2.24) is 0 Å². The molecule has 4 nitrogen and oxygen atoms in total. The summed E-state index contributed by atoms with van der Waals surface area (Å²) in [4.78, 5) is 21.5. The number of primary amides is 1. The molecule has 0 aliphatic rings. The number of aldehydes is 1. The van der Waals surface area contributed by atoms with Crippen molar-refractivity contribution in [2.75, 3.05) is 0 Å². The van der Waals surface area contributed by atoms with Gasteiger partial charge in [0.15, 0.2) is 12.4 Å². The number of halogens is 1. The zero-order chi connectivity index (χ0) is 11.4. The topological polar surface area (TPSA) is 69.4 Å². The van der Waals surface area contributed by atoms with Gasteiger partial charge in [0.2, 0.25) is 0 Å². The van der Waals surface area contributed by atoms with Crippen molar-refractivity contribution in [1.29, 1.82) is 0 Å². The zero-order valence-electron chi connectivity index (χ0n) is 8.07. The van der Waals surface area contributed by atoms with Crippen molar-refractivity contribution in [2.24, 2.45) is 5.73 Å². The van der Waals surface area contributed by atoms with Crippen molar-refractivity contribution in [3.63, 3.8) is 0 Å². The summed E-state index contributed by atoms with van der Waals surface area (Å²) in [5, 5.41) is 0. The summed E-state index contributed by atoms with van der Waals surface area (Å²) in [5.41, 5.74) is 5.42. The molecule has 1 rings (SSSR count). The molecule has 0 bridgehead atoms. The molecule has 0 spiro atoms. The normalized spacial score (nSPS) is 11.9. The number of carbonyl (C=O) groups excluding carboxylic acids is 2. The molecule has 80 valence electrons. The molecular weight excluding hydrogens is 262 g/mol. The number of carbonyl (C=O) groups is 2. The van der Waals surface area contributed by atoms with E-state index in [9.17, 15) is 9.59 Å². The number of hydrogen-bond donors (Lipinski definition) is 1. The molecule has 0 aliphatic heterocycles. The number of rotatable bonds is 4. The molecule has 0 aliphatic carbocycles. The van der Waals surface area contributed by atoms with Crippen LogP contribution in [-0.4, -0.2) is 18.3 Å². The van der Waals surface area contributed by atoms with Crippen LogP contribution in [0.3, 0.4) is 0 Å². The van der Waals surface area contributed by atoms with E-state index in [2.05, 4.69) is 15.9 Å². The molecule has 0 fully saturated rings. The van der Waals surface area contributed by atoms with Gasteiger partial charge >= 0.3 is 0 Å². The number of ether oxygens (including phenoxy) is 1. The van der Waals surface area contributed by atoms with E-state index in [1.165, 1.54) is 6.92 Å². The second-order valence-corrected chi connectivity index (χ2v) is 3.88. The molecule has 0 aromatic heterocycles. The third-order valence-corrected chi connectivity index (χ3v) is 2.30. The van der Waals surface area contributed by atoms with E-state index in [-0.39, 0.29) is 0 Å². The zero-order valence-corrected chi connectivity index (χ0v) is 9.65. The summed E-state index contributed by atoms with van der Waals surface area (Å²) in [5.74, 6) is -0.228. The van der Waals surface area contributed by atoms with Gasteiger partial charge in [0, 0.05) is 4.47 Å². The van der Waals surface area contributed by atoms with E-state index in [0.717, 1.165) is 4.47 Å². The lowest BCUT2D eigenvalue weighted by atomic mass is 10.2. The van der Waals surface area contributed by atoms with Gasteiger partial charge in [-0.15, -0.1) is 0 Å². The Morgan fingerprint density at radius 1 is 1.60 bits per heavy atom. The average Bonchev–Trinajstić information content (AvgIpc) is 2.20. The highest BCUT2D eigenvalue weighted by Gasteiger charge is 2.12. The monoisotopic (exact) mass is 271 g/mol. The van der Waals surface area contributed by atoms with Crippen LogP contribution < -0.4 is 10.5 Å². The minimum Gasteiger partial charge on any atom is -0.480 e. The molecular formula is C10H10BrNO3. The van der Waals surface area contributed by atoms with Crippen LogP contribution in [0.2, 0.25) is 0 Å².